The van der Waals surface area contributed by atoms with Crippen molar-refractivity contribution in [2.75, 3.05) is 63.8 Å². The van der Waals surface area contributed by atoms with Gasteiger partial charge >= 0.3 is 11.8 Å². The summed E-state index contributed by atoms with van der Waals surface area (Å²) in [6, 6.07) is 11.3. The minimum absolute atomic E-state index is 0.0566. The third-order valence-electron chi connectivity index (χ3n) is 6.40. The third-order valence-corrected chi connectivity index (χ3v) is 6.63. The predicted octanol–water partition coefficient (Wildman–Crippen LogP) is 2.86. The number of anilines is 2. The summed E-state index contributed by atoms with van der Waals surface area (Å²) in [6.07, 6.45) is 2.17. The van der Waals surface area contributed by atoms with Crippen LogP contribution >= 0.6 is 11.6 Å². The van der Waals surface area contributed by atoms with E-state index in [1.807, 2.05) is 0 Å². The maximum atomic E-state index is 12.7. The van der Waals surface area contributed by atoms with Gasteiger partial charge in [-0.1, -0.05) is 23.7 Å². The Morgan fingerprint density at radius 3 is 2.68 bits per heavy atom. The van der Waals surface area contributed by atoms with Crippen LogP contribution in [-0.2, 0) is 20.7 Å². The average Bonchev–Trinajstić information content (AvgIpc) is 2.85. The molecule has 2 aromatic carbocycles. The lowest BCUT2D eigenvalue weighted by molar-refractivity contribution is -0.136. The molecular formula is C25H31ClN4O4. The van der Waals surface area contributed by atoms with E-state index in [2.05, 4.69) is 45.7 Å². The normalized spacial score (nSPS) is 17.0. The first kappa shape index (κ1) is 24.3. The van der Waals surface area contributed by atoms with Crippen LogP contribution in [0.1, 0.15) is 23.6 Å². The fourth-order valence-electron chi connectivity index (χ4n) is 4.59. The minimum Gasteiger partial charge on any atom is -0.495 e. The van der Waals surface area contributed by atoms with Crippen molar-refractivity contribution >= 4 is 34.8 Å². The van der Waals surface area contributed by atoms with Crippen molar-refractivity contribution in [2.45, 2.75) is 18.9 Å². The molecule has 2 amide bonds. The van der Waals surface area contributed by atoms with Gasteiger partial charge in [-0.25, -0.2) is 0 Å². The molecule has 2 aliphatic rings. The van der Waals surface area contributed by atoms with Crippen molar-refractivity contribution < 1.29 is 19.1 Å². The predicted molar refractivity (Wildman–Crippen MR) is 133 cm³/mol. The van der Waals surface area contributed by atoms with Gasteiger partial charge in [0.05, 0.1) is 32.1 Å². The second-order valence-corrected chi connectivity index (χ2v) is 9.02. The zero-order valence-corrected chi connectivity index (χ0v) is 20.4. The Morgan fingerprint density at radius 1 is 1.12 bits per heavy atom. The highest BCUT2D eigenvalue weighted by Crippen LogP contribution is 2.31. The molecule has 8 nitrogen and oxygen atoms in total. The number of halogens is 1. The number of benzene rings is 2. The molecule has 2 N–H and O–H groups in total. The van der Waals surface area contributed by atoms with Gasteiger partial charge in [0.2, 0.25) is 0 Å². The van der Waals surface area contributed by atoms with Crippen LogP contribution in [0.15, 0.2) is 36.4 Å². The van der Waals surface area contributed by atoms with Gasteiger partial charge in [-0.15, -0.1) is 0 Å². The van der Waals surface area contributed by atoms with Crippen LogP contribution in [0.25, 0.3) is 0 Å². The average molecular weight is 487 g/mol. The largest absolute Gasteiger partial charge is 0.495 e. The number of morpholine rings is 1. The van der Waals surface area contributed by atoms with Crippen molar-refractivity contribution in [2.24, 2.45) is 0 Å². The minimum atomic E-state index is -0.770. The van der Waals surface area contributed by atoms with Crippen LogP contribution in [0.3, 0.4) is 0 Å². The van der Waals surface area contributed by atoms with Gasteiger partial charge < -0.3 is 25.0 Å². The number of aryl methyl sites for hydroxylation is 1. The molecule has 0 saturated carbocycles. The molecule has 0 unspecified atom stereocenters. The highest BCUT2D eigenvalue weighted by molar-refractivity contribution is 6.40. The number of nitrogens with one attached hydrogen (secondary N) is 2. The first-order valence-corrected chi connectivity index (χ1v) is 11.9. The number of hydrogen-bond donors (Lipinski definition) is 2. The van der Waals surface area contributed by atoms with Crippen LogP contribution in [0.4, 0.5) is 11.4 Å². The summed E-state index contributed by atoms with van der Waals surface area (Å²) >= 11 is 6.03. The van der Waals surface area contributed by atoms with Gasteiger partial charge in [0.1, 0.15) is 5.75 Å². The smallest absolute Gasteiger partial charge is 0.313 e. The molecule has 1 atom stereocenters. The summed E-state index contributed by atoms with van der Waals surface area (Å²) in [5.74, 6) is -1.05. The number of fused-ring (bicyclic) bond motifs is 1. The molecular weight excluding hydrogens is 456 g/mol. The number of hydrogen-bond acceptors (Lipinski definition) is 6. The fraction of sp³-hybridized carbons (Fsp3) is 0.440. The molecule has 0 radical (unpaired) electrons. The van der Waals surface area contributed by atoms with Crippen molar-refractivity contribution in [1.29, 1.82) is 0 Å². The lowest BCUT2D eigenvalue weighted by Crippen LogP contribution is -2.45. The Balaban J connectivity index is 1.47. The van der Waals surface area contributed by atoms with Gasteiger partial charge in [0.15, 0.2) is 0 Å². The summed E-state index contributed by atoms with van der Waals surface area (Å²) in [7, 11) is 3.60. The topological polar surface area (TPSA) is 83.1 Å². The Labute approximate surface area is 205 Å². The number of ether oxygens (including phenoxy) is 2. The van der Waals surface area contributed by atoms with Crippen LogP contribution in [0.2, 0.25) is 5.02 Å². The number of carbonyl (C=O) groups is 2. The van der Waals surface area contributed by atoms with Crippen molar-refractivity contribution in [3.63, 3.8) is 0 Å². The lowest BCUT2D eigenvalue weighted by Gasteiger charge is -2.36. The van der Waals surface area contributed by atoms with E-state index in [1.54, 1.807) is 18.2 Å². The second-order valence-electron chi connectivity index (χ2n) is 8.59. The highest BCUT2D eigenvalue weighted by atomic mass is 35.5. The maximum absolute atomic E-state index is 12.7. The van der Waals surface area contributed by atoms with Gasteiger partial charge in [-0.2, -0.15) is 0 Å². The van der Waals surface area contributed by atoms with Gasteiger partial charge in [0.25, 0.3) is 0 Å². The van der Waals surface area contributed by atoms with Crippen LogP contribution in [0, 0.1) is 0 Å². The Bertz CT molecular complexity index is 1040. The van der Waals surface area contributed by atoms with Crippen LogP contribution in [-0.4, -0.2) is 70.3 Å². The van der Waals surface area contributed by atoms with Gasteiger partial charge in [-0.3, -0.25) is 14.5 Å². The molecule has 0 spiro atoms. The summed E-state index contributed by atoms with van der Waals surface area (Å²) in [5, 5.41) is 5.85. The first-order valence-electron chi connectivity index (χ1n) is 11.5. The molecule has 182 valence electrons. The van der Waals surface area contributed by atoms with E-state index in [-0.39, 0.29) is 6.04 Å². The van der Waals surface area contributed by atoms with Crippen molar-refractivity contribution in [1.82, 2.24) is 10.2 Å². The molecule has 2 aliphatic heterocycles. The lowest BCUT2D eigenvalue weighted by atomic mass is 9.95. The monoisotopic (exact) mass is 486 g/mol. The zero-order chi connectivity index (χ0) is 24.1. The Kier molecular flexibility index (Phi) is 7.92. The zero-order valence-electron chi connectivity index (χ0n) is 19.6. The molecule has 9 heteroatoms. The summed E-state index contributed by atoms with van der Waals surface area (Å²) in [6.45, 7) is 4.20. The molecule has 2 heterocycles. The molecule has 1 saturated heterocycles. The molecule has 1 fully saturated rings. The molecule has 2 aromatic rings. The summed E-state index contributed by atoms with van der Waals surface area (Å²) in [4.78, 5) is 29.8. The number of rotatable bonds is 6. The van der Waals surface area contributed by atoms with E-state index in [1.165, 1.54) is 18.4 Å². The van der Waals surface area contributed by atoms with E-state index in [9.17, 15) is 9.59 Å². The van der Waals surface area contributed by atoms with Gasteiger partial charge in [0, 0.05) is 43.9 Å². The molecule has 0 aromatic heterocycles. The molecule has 0 aliphatic carbocycles. The number of methoxy groups -OCH3 is 1. The van der Waals surface area contributed by atoms with E-state index < -0.39 is 11.8 Å². The van der Waals surface area contributed by atoms with Crippen LogP contribution < -0.4 is 20.3 Å². The molecule has 0 bridgehead atoms. The fourth-order valence-corrected chi connectivity index (χ4v) is 4.76. The van der Waals surface area contributed by atoms with E-state index in [0.29, 0.717) is 36.2 Å². The van der Waals surface area contributed by atoms with Crippen molar-refractivity contribution in [3.05, 3.63) is 52.5 Å². The van der Waals surface area contributed by atoms with Crippen LogP contribution in [0.5, 0.6) is 5.75 Å². The van der Waals surface area contributed by atoms with E-state index in [4.69, 9.17) is 21.1 Å². The number of carbonyl (C=O) groups excluding carboxylic acids is 2. The molecule has 4 rings (SSSR count). The Hall–Kier alpha value is -2.81. The standard InChI is InChI=1S/C25H31ClN4O4/c1-29-9-3-4-17-14-18(5-7-21(17)29)22(30-10-12-34-13-11-30)16-27-24(31)25(32)28-20-15-19(26)6-8-23(20)33-2/h5-8,14-15,22H,3-4,9-13,16H2,1-2H3,(H,27,31)(H,28,32)/t22-/m0/s1. The number of amides is 2. The Morgan fingerprint density at radius 2 is 1.91 bits per heavy atom. The van der Waals surface area contributed by atoms with E-state index in [0.717, 1.165) is 38.0 Å². The SMILES string of the molecule is COc1ccc(Cl)cc1NC(=O)C(=O)NC[C@@H](c1ccc2c(c1)CCCN2C)N1CCOCC1. The van der Waals surface area contributed by atoms with Crippen molar-refractivity contribution in [3.8, 4) is 5.75 Å². The molecule has 34 heavy (non-hydrogen) atoms. The maximum Gasteiger partial charge on any atom is 0.313 e. The third kappa shape index (κ3) is 5.63. The summed E-state index contributed by atoms with van der Waals surface area (Å²) in [5.41, 5.74) is 4.06. The highest BCUT2D eigenvalue weighted by Gasteiger charge is 2.26. The van der Waals surface area contributed by atoms with Gasteiger partial charge in [-0.05, 0) is 48.2 Å². The second kappa shape index (κ2) is 11.1. The summed E-state index contributed by atoms with van der Waals surface area (Å²) < 4.78 is 10.8. The first-order chi connectivity index (χ1) is 16.5. The van der Waals surface area contributed by atoms with E-state index >= 15 is 0 Å². The number of nitrogens with zero attached hydrogens (tertiary/aromatic N) is 2. The quantitative estimate of drug-likeness (QED) is 0.611.